The Morgan fingerprint density at radius 1 is 1.47 bits per heavy atom. The summed E-state index contributed by atoms with van der Waals surface area (Å²) in [5.74, 6) is 0.909. The molecule has 1 aliphatic rings. The molecule has 1 aromatic carbocycles. The summed E-state index contributed by atoms with van der Waals surface area (Å²) in [6, 6.07) is 6.13. The van der Waals surface area contributed by atoms with Crippen molar-refractivity contribution in [2.75, 3.05) is 26.8 Å². The quantitative estimate of drug-likeness (QED) is 0.798. The molecular formula is C15H22BrNO2. The number of hydrogen-bond donors (Lipinski definition) is 0. The SMILES string of the molecule is CCN(Cc1cc(OC)ccc1Br)CC1CCCO1. The number of hydrogen-bond acceptors (Lipinski definition) is 3. The Kier molecular flexibility index (Phi) is 5.67. The number of nitrogens with zero attached hydrogens (tertiary/aromatic N) is 1. The molecule has 1 saturated heterocycles. The van der Waals surface area contributed by atoms with Crippen molar-refractivity contribution in [1.82, 2.24) is 4.90 Å². The first kappa shape index (κ1) is 14.8. The van der Waals surface area contributed by atoms with E-state index in [0.717, 1.165) is 36.5 Å². The molecule has 1 aliphatic heterocycles. The third kappa shape index (κ3) is 4.20. The average molecular weight is 328 g/mol. The van der Waals surface area contributed by atoms with Gasteiger partial charge in [-0.1, -0.05) is 22.9 Å². The Balaban J connectivity index is 2.00. The van der Waals surface area contributed by atoms with Gasteiger partial charge in [-0.3, -0.25) is 4.90 Å². The molecule has 1 unspecified atom stereocenters. The van der Waals surface area contributed by atoms with Crippen LogP contribution >= 0.6 is 15.9 Å². The summed E-state index contributed by atoms with van der Waals surface area (Å²) in [6.45, 7) is 6.09. The molecule has 0 radical (unpaired) electrons. The summed E-state index contributed by atoms with van der Waals surface area (Å²) in [7, 11) is 1.71. The van der Waals surface area contributed by atoms with Crippen LogP contribution in [0, 0.1) is 0 Å². The lowest BCUT2D eigenvalue weighted by atomic mass is 10.1. The normalized spacial score (nSPS) is 19.1. The van der Waals surface area contributed by atoms with Gasteiger partial charge in [0, 0.05) is 24.2 Å². The van der Waals surface area contributed by atoms with Gasteiger partial charge in [-0.2, -0.15) is 0 Å². The van der Waals surface area contributed by atoms with Gasteiger partial charge in [0.1, 0.15) is 5.75 Å². The minimum Gasteiger partial charge on any atom is -0.497 e. The first-order chi connectivity index (χ1) is 9.22. The fourth-order valence-corrected chi connectivity index (χ4v) is 2.79. The molecule has 0 saturated carbocycles. The van der Waals surface area contributed by atoms with E-state index < -0.39 is 0 Å². The first-order valence-electron chi connectivity index (χ1n) is 6.89. The zero-order chi connectivity index (χ0) is 13.7. The van der Waals surface area contributed by atoms with Gasteiger partial charge < -0.3 is 9.47 Å². The fraction of sp³-hybridized carbons (Fsp3) is 0.600. The van der Waals surface area contributed by atoms with E-state index in [-0.39, 0.29) is 0 Å². The average Bonchev–Trinajstić information content (AvgIpc) is 2.93. The van der Waals surface area contributed by atoms with Gasteiger partial charge in [0.05, 0.1) is 13.2 Å². The number of likely N-dealkylation sites (N-methyl/N-ethyl adjacent to an activating group) is 1. The lowest BCUT2D eigenvalue weighted by molar-refractivity contribution is 0.0724. The molecule has 1 atom stereocenters. The van der Waals surface area contributed by atoms with Gasteiger partial charge in [-0.15, -0.1) is 0 Å². The van der Waals surface area contributed by atoms with Gasteiger partial charge >= 0.3 is 0 Å². The molecule has 2 rings (SSSR count). The van der Waals surface area contributed by atoms with Crippen molar-refractivity contribution in [2.24, 2.45) is 0 Å². The van der Waals surface area contributed by atoms with Crippen molar-refractivity contribution < 1.29 is 9.47 Å². The van der Waals surface area contributed by atoms with Crippen LogP contribution in [0.3, 0.4) is 0 Å². The topological polar surface area (TPSA) is 21.7 Å². The number of ether oxygens (including phenoxy) is 2. The molecule has 0 N–H and O–H groups in total. The van der Waals surface area contributed by atoms with Crippen LogP contribution in [0.25, 0.3) is 0 Å². The molecule has 0 aromatic heterocycles. The van der Waals surface area contributed by atoms with Crippen LogP contribution in [0.1, 0.15) is 25.3 Å². The minimum atomic E-state index is 0.407. The predicted octanol–water partition coefficient (Wildman–Crippen LogP) is 3.46. The van der Waals surface area contributed by atoms with E-state index in [1.54, 1.807) is 7.11 Å². The summed E-state index contributed by atoms with van der Waals surface area (Å²) < 4.78 is 12.2. The number of halogens is 1. The van der Waals surface area contributed by atoms with E-state index in [4.69, 9.17) is 9.47 Å². The molecule has 0 spiro atoms. The molecule has 3 nitrogen and oxygen atoms in total. The van der Waals surface area contributed by atoms with Crippen LogP contribution in [0.2, 0.25) is 0 Å². The molecule has 0 bridgehead atoms. The van der Waals surface area contributed by atoms with E-state index >= 15 is 0 Å². The van der Waals surface area contributed by atoms with Crippen molar-refractivity contribution >= 4 is 15.9 Å². The summed E-state index contributed by atoms with van der Waals surface area (Å²) >= 11 is 3.62. The van der Waals surface area contributed by atoms with Gasteiger partial charge in [0.15, 0.2) is 0 Å². The van der Waals surface area contributed by atoms with Crippen molar-refractivity contribution in [3.63, 3.8) is 0 Å². The summed E-state index contributed by atoms with van der Waals surface area (Å²) in [6.07, 6.45) is 2.80. The van der Waals surface area contributed by atoms with E-state index in [1.165, 1.54) is 18.4 Å². The van der Waals surface area contributed by atoms with Crippen LogP contribution in [0.4, 0.5) is 0 Å². The first-order valence-corrected chi connectivity index (χ1v) is 7.68. The maximum Gasteiger partial charge on any atom is 0.119 e. The van der Waals surface area contributed by atoms with E-state index in [9.17, 15) is 0 Å². The van der Waals surface area contributed by atoms with Crippen LogP contribution < -0.4 is 4.74 Å². The fourth-order valence-electron chi connectivity index (χ4n) is 2.42. The lowest BCUT2D eigenvalue weighted by Crippen LogP contribution is -2.31. The largest absolute Gasteiger partial charge is 0.497 e. The monoisotopic (exact) mass is 327 g/mol. The van der Waals surface area contributed by atoms with Crippen molar-refractivity contribution in [2.45, 2.75) is 32.4 Å². The highest BCUT2D eigenvalue weighted by Crippen LogP contribution is 2.24. The summed E-state index contributed by atoms with van der Waals surface area (Å²) in [4.78, 5) is 2.43. The van der Waals surface area contributed by atoms with Crippen molar-refractivity contribution in [3.05, 3.63) is 28.2 Å². The molecule has 1 fully saturated rings. The highest BCUT2D eigenvalue weighted by molar-refractivity contribution is 9.10. The molecular weight excluding hydrogens is 306 g/mol. The van der Waals surface area contributed by atoms with Gasteiger partial charge in [0.25, 0.3) is 0 Å². The highest BCUT2D eigenvalue weighted by Gasteiger charge is 2.19. The Labute approximate surface area is 124 Å². The van der Waals surface area contributed by atoms with Gasteiger partial charge in [0.2, 0.25) is 0 Å². The van der Waals surface area contributed by atoms with Crippen LogP contribution in [-0.4, -0.2) is 37.8 Å². The zero-order valence-corrected chi connectivity index (χ0v) is 13.3. The molecule has 0 aliphatic carbocycles. The van der Waals surface area contributed by atoms with E-state index in [1.807, 2.05) is 12.1 Å². The van der Waals surface area contributed by atoms with Crippen molar-refractivity contribution in [3.8, 4) is 5.75 Å². The third-order valence-electron chi connectivity index (χ3n) is 3.58. The number of methoxy groups -OCH3 is 1. The summed E-state index contributed by atoms with van der Waals surface area (Å²) in [5, 5.41) is 0. The zero-order valence-electron chi connectivity index (χ0n) is 11.7. The molecule has 1 aromatic rings. The van der Waals surface area contributed by atoms with Gasteiger partial charge in [-0.25, -0.2) is 0 Å². The maximum atomic E-state index is 5.72. The Hall–Kier alpha value is -0.580. The second-order valence-corrected chi connectivity index (χ2v) is 5.77. The lowest BCUT2D eigenvalue weighted by Gasteiger charge is -2.24. The van der Waals surface area contributed by atoms with Gasteiger partial charge in [-0.05, 0) is 43.1 Å². The summed E-state index contributed by atoms with van der Waals surface area (Å²) in [5.41, 5.74) is 1.26. The maximum absolute atomic E-state index is 5.72. The van der Waals surface area contributed by atoms with E-state index in [0.29, 0.717) is 6.10 Å². The minimum absolute atomic E-state index is 0.407. The van der Waals surface area contributed by atoms with Crippen LogP contribution in [0.15, 0.2) is 22.7 Å². The molecule has 19 heavy (non-hydrogen) atoms. The van der Waals surface area contributed by atoms with Crippen LogP contribution in [0.5, 0.6) is 5.75 Å². The van der Waals surface area contributed by atoms with Crippen molar-refractivity contribution in [1.29, 1.82) is 0 Å². The number of rotatable bonds is 6. The Morgan fingerprint density at radius 2 is 2.32 bits per heavy atom. The number of benzene rings is 1. The Morgan fingerprint density at radius 3 is 2.95 bits per heavy atom. The molecule has 0 amide bonds. The smallest absolute Gasteiger partial charge is 0.119 e. The Bertz CT molecular complexity index is 405. The van der Waals surface area contributed by atoms with E-state index in [2.05, 4.69) is 33.8 Å². The molecule has 4 heteroatoms. The second-order valence-electron chi connectivity index (χ2n) is 4.92. The predicted molar refractivity (Wildman–Crippen MR) is 80.6 cm³/mol. The highest BCUT2D eigenvalue weighted by atomic mass is 79.9. The van der Waals surface area contributed by atoms with Crippen LogP contribution in [-0.2, 0) is 11.3 Å². The molecule has 1 heterocycles. The standard InChI is InChI=1S/C15H22BrNO2/c1-3-17(11-14-5-4-8-19-14)10-12-9-13(18-2)6-7-15(12)16/h6-7,9,14H,3-5,8,10-11H2,1-2H3. The molecule has 106 valence electrons. The second kappa shape index (κ2) is 7.27. The third-order valence-corrected chi connectivity index (χ3v) is 4.35.